The Morgan fingerprint density at radius 1 is 0.250 bits per heavy atom. The minimum absolute atomic E-state index is 0.284. The fourth-order valence-electron chi connectivity index (χ4n) is 13.1. The van der Waals surface area contributed by atoms with Crippen LogP contribution in [-0.2, 0) is 0 Å². The smallest absolute Gasteiger partial charge is 0.103 e. The van der Waals surface area contributed by atoms with Gasteiger partial charge in [-0.15, -0.1) is 22.7 Å². The second-order valence-electron chi connectivity index (χ2n) is 19.7. The lowest BCUT2D eigenvalue weighted by molar-refractivity contribution is 1.01. The van der Waals surface area contributed by atoms with Crippen LogP contribution < -0.4 is 0 Å². The van der Waals surface area contributed by atoms with Gasteiger partial charge in [0.2, 0.25) is 0 Å². The first-order chi connectivity index (χ1) is 37.7. The second kappa shape index (κ2) is 15.3. The van der Waals surface area contributed by atoms with Crippen LogP contribution in [-0.4, -0.2) is 18.3 Å². The first-order valence-corrected chi connectivity index (χ1v) is 27.0. The molecule has 0 spiro atoms. The number of thiophene rings is 2. The summed E-state index contributed by atoms with van der Waals surface area (Å²) in [4.78, 5) is 0. The average molecular weight is 1000 g/mol. The summed E-state index contributed by atoms with van der Waals surface area (Å²) < 4.78 is 14.2. The maximum absolute atomic E-state index is 12.5. The average Bonchev–Trinajstić information content (AvgIpc) is 4.28. The van der Waals surface area contributed by atoms with Crippen LogP contribution in [0, 0.1) is 22.7 Å². The van der Waals surface area contributed by atoms with Crippen LogP contribution in [0.2, 0.25) is 0 Å². The number of hydrogen-bond acceptors (Lipinski definition) is 4. The van der Waals surface area contributed by atoms with Gasteiger partial charge in [-0.25, -0.2) is 0 Å². The fourth-order valence-corrected chi connectivity index (χ4v) is 15.3. The molecule has 0 bridgehead atoms. The second-order valence-corrected chi connectivity index (χ2v) is 21.8. The van der Waals surface area contributed by atoms with Crippen LogP contribution in [0.15, 0.2) is 218 Å². The van der Waals surface area contributed by atoms with Gasteiger partial charge in [0, 0.05) is 83.4 Å². The topological polar surface area (TPSA) is 67.3 Å². The van der Waals surface area contributed by atoms with E-state index < -0.39 is 0 Å². The lowest BCUT2D eigenvalue weighted by Crippen LogP contribution is -2.17. The number of nitriles is 2. The molecule has 350 valence electrons. The van der Waals surface area contributed by atoms with Crippen molar-refractivity contribution in [1.82, 2.24) is 18.3 Å². The Labute approximate surface area is 440 Å². The molecule has 6 heterocycles. The van der Waals surface area contributed by atoms with Gasteiger partial charge in [0.05, 0.1) is 78.0 Å². The maximum Gasteiger partial charge on any atom is 0.103 e. The molecule has 0 aliphatic heterocycles. The summed E-state index contributed by atoms with van der Waals surface area (Å²) in [5.41, 5.74) is 11.2. The first-order valence-electron chi connectivity index (χ1n) is 25.4. The Morgan fingerprint density at radius 3 is 0.855 bits per heavy atom. The molecule has 0 aliphatic rings. The predicted octanol–water partition coefficient (Wildman–Crippen LogP) is 18.6. The van der Waals surface area contributed by atoms with Gasteiger partial charge in [0.1, 0.15) is 12.1 Å². The Morgan fingerprint density at radius 2 is 0.526 bits per heavy atom. The lowest BCUT2D eigenvalue weighted by Gasteiger charge is -2.28. The summed E-state index contributed by atoms with van der Waals surface area (Å²) >= 11 is 3.56. The van der Waals surface area contributed by atoms with Crippen molar-refractivity contribution in [2.24, 2.45) is 0 Å². The lowest BCUT2D eigenvalue weighted by atomic mass is 9.98. The van der Waals surface area contributed by atoms with Crippen LogP contribution in [0.3, 0.4) is 0 Å². The molecule has 0 saturated carbocycles. The molecule has 0 atom stereocenters. The standard InChI is InChI=1S/C68H36N6S2/c69-37-49-50(38-70)66(74-56-30-14-6-22-44(56)46-34-36-60-62(64(46)74)48-24-8-16-32-58(48)76-60)68(72-53-27-11-3-19-41(53)42-20-4-12-28-54(42)72)67(71-51-25-9-1-17-39(51)40-18-2-10-26-52(40)71)65(49)73-55-29-13-5-21-43(55)45-33-35-59-61(63(45)73)47-23-7-15-31-57(47)75-59/h1-36H. The molecule has 0 saturated heterocycles. The quantitative estimate of drug-likeness (QED) is 0.176. The molecule has 11 aromatic carbocycles. The van der Waals surface area contributed by atoms with E-state index in [4.69, 9.17) is 0 Å². The van der Waals surface area contributed by atoms with Crippen molar-refractivity contribution in [3.8, 4) is 34.9 Å². The molecule has 0 fully saturated rings. The van der Waals surface area contributed by atoms with E-state index in [9.17, 15) is 10.5 Å². The van der Waals surface area contributed by atoms with Gasteiger partial charge < -0.3 is 18.3 Å². The van der Waals surface area contributed by atoms with Gasteiger partial charge in [-0.05, 0) is 60.7 Å². The molecule has 6 nitrogen and oxygen atoms in total. The zero-order valence-electron chi connectivity index (χ0n) is 40.3. The number of benzene rings is 11. The highest BCUT2D eigenvalue weighted by Crippen LogP contribution is 2.52. The molecular weight excluding hydrogens is 965 g/mol. The Balaban J connectivity index is 1.24. The van der Waals surface area contributed by atoms with Gasteiger partial charge >= 0.3 is 0 Å². The summed E-state index contributed by atoms with van der Waals surface area (Å²) in [5, 5.41) is 38.1. The maximum atomic E-state index is 12.5. The van der Waals surface area contributed by atoms with E-state index in [0.717, 1.165) is 130 Å². The van der Waals surface area contributed by atoms with Crippen LogP contribution in [0.1, 0.15) is 11.1 Å². The molecule has 17 rings (SSSR count). The van der Waals surface area contributed by atoms with E-state index in [1.165, 1.54) is 9.40 Å². The molecule has 8 heteroatoms. The number of fused-ring (bicyclic) bond motifs is 20. The van der Waals surface area contributed by atoms with Gasteiger partial charge in [0.25, 0.3) is 0 Å². The Kier molecular flexibility index (Phi) is 8.36. The molecule has 0 amide bonds. The van der Waals surface area contributed by atoms with E-state index in [2.05, 4.69) is 249 Å². The highest BCUT2D eigenvalue weighted by atomic mass is 32.1. The third-order valence-corrected chi connectivity index (χ3v) is 18.3. The highest BCUT2D eigenvalue weighted by Gasteiger charge is 2.35. The molecule has 6 aromatic heterocycles. The first kappa shape index (κ1) is 41.5. The predicted molar refractivity (Wildman–Crippen MR) is 319 cm³/mol. The van der Waals surface area contributed by atoms with Crippen LogP contribution in [0.25, 0.3) is 150 Å². The minimum atomic E-state index is 0.284. The summed E-state index contributed by atoms with van der Waals surface area (Å²) in [6.45, 7) is 0. The molecule has 76 heavy (non-hydrogen) atoms. The van der Waals surface area contributed by atoms with Crippen LogP contribution in [0.5, 0.6) is 0 Å². The van der Waals surface area contributed by atoms with E-state index in [-0.39, 0.29) is 11.1 Å². The van der Waals surface area contributed by atoms with Crippen molar-refractivity contribution in [3.63, 3.8) is 0 Å². The van der Waals surface area contributed by atoms with E-state index >= 15 is 0 Å². The third kappa shape index (κ3) is 5.26. The summed E-state index contributed by atoms with van der Waals surface area (Å²) in [7, 11) is 0. The van der Waals surface area contributed by atoms with Gasteiger partial charge in [-0.2, -0.15) is 10.5 Å². The monoisotopic (exact) mass is 1000 g/mol. The van der Waals surface area contributed by atoms with Crippen molar-refractivity contribution >= 4 is 150 Å². The number of rotatable bonds is 4. The number of para-hydroxylation sites is 6. The Bertz CT molecular complexity index is 5070. The SMILES string of the molecule is N#Cc1c(C#N)c(-n2c3ccccc3c3ccc4sc5ccccc5c4c32)c(-n2c3ccccc3c3ccccc32)c(-n2c3ccccc3c3ccccc32)c1-n1c2ccccc2c2ccc3sc4ccccc4c3c21. The highest BCUT2D eigenvalue weighted by molar-refractivity contribution is 7.26. The Hall–Kier alpha value is -9.96. The zero-order chi connectivity index (χ0) is 49.9. The van der Waals surface area contributed by atoms with Gasteiger partial charge in [0.15, 0.2) is 0 Å². The van der Waals surface area contributed by atoms with Crippen molar-refractivity contribution in [1.29, 1.82) is 10.5 Å². The van der Waals surface area contributed by atoms with E-state index in [1.807, 2.05) is 0 Å². The molecule has 0 unspecified atom stereocenters. The van der Waals surface area contributed by atoms with Crippen LogP contribution >= 0.6 is 22.7 Å². The zero-order valence-corrected chi connectivity index (χ0v) is 41.9. The summed E-state index contributed by atoms with van der Waals surface area (Å²) in [6.07, 6.45) is 0. The normalized spacial score (nSPS) is 12.2. The van der Waals surface area contributed by atoms with Crippen molar-refractivity contribution in [2.75, 3.05) is 0 Å². The molecule has 17 aromatic rings. The van der Waals surface area contributed by atoms with Crippen molar-refractivity contribution < 1.29 is 0 Å². The molecule has 0 radical (unpaired) electrons. The van der Waals surface area contributed by atoms with Crippen LogP contribution in [0.4, 0.5) is 0 Å². The molecule has 0 N–H and O–H groups in total. The number of aromatic nitrogens is 4. The summed E-state index contributed by atoms with van der Waals surface area (Å²) in [6, 6.07) is 83.6. The minimum Gasteiger partial charge on any atom is -0.305 e. The van der Waals surface area contributed by atoms with E-state index in [0.29, 0.717) is 11.4 Å². The summed E-state index contributed by atoms with van der Waals surface area (Å²) in [5.74, 6) is 0. The number of nitrogens with zero attached hydrogens (tertiary/aromatic N) is 6. The fraction of sp³-hybridized carbons (Fsp3) is 0. The van der Waals surface area contributed by atoms with Crippen molar-refractivity contribution in [2.45, 2.75) is 0 Å². The molecule has 0 aliphatic carbocycles. The number of hydrogen-bond donors (Lipinski definition) is 0. The third-order valence-electron chi connectivity index (χ3n) is 16.0. The van der Waals surface area contributed by atoms with Crippen molar-refractivity contribution in [3.05, 3.63) is 230 Å². The molecular formula is C68H36N6S2. The van der Waals surface area contributed by atoms with E-state index in [1.54, 1.807) is 22.7 Å². The largest absolute Gasteiger partial charge is 0.305 e. The van der Waals surface area contributed by atoms with Gasteiger partial charge in [-0.3, -0.25) is 0 Å². The van der Waals surface area contributed by atoms with Gasteiger partial charge in [-0.1, -0.05) is 158 Å².